The van der Waals surface area contributed by atoms with Crippen molar-refractivity contribution in [3.63, 3.8) is 0 Å². The van der Waals surface area contributed by atoms with Crippen molar-refractivity contribution in [3.8, 4) is 46.0 Å². The molecule has 8 aromatic rings. The van der Waals surface area contributed by atoms with Gasteiger partial charge in [0.2, 0.25) is 0 Å². The summed E-state index contributed by atoms with van der Waals surface area (Å²) in [7, 11) is 0. The average Bonchev–Trinajstić information content (AvgIpc) is 0.855. The molecule has 0 aliphatic heterocycles. The van der Waals surface area contributed by atoms with Crippen LogP contribution >= 0.6 is 11.8 Å². The highest BCUT2D eigenvalue weighted by Crippen LogP contribution is 2.49. The third-order valence-corrected chi connectivity index (χ3v) is 25.2. The molecule has 0 amide bonds. The topological polar surface area (TPSA) is 162 Å². The first-order chi connectivity index (χ1) is 53.4. The highest BCUT2D eigenvalue weighted by atomic mass is 32.2. The van der Waals surface area contributed by atoms with Crippen LogP contribution in [0.15, 0.2) is 107 Å². The van der Waals surface area contributed by atoms with Crippen LogP contribution in [0.5, 0.6) is 46.0 Å². The largest absolute Gasteiger partial charge is 0.508 e. The Morgan fingerprint density at radius 2 is 0.542 bits per heavy atom. The van der Waals surface area contributed by atoms with Crippen LogP contribution in [0.25, 0.3) is 0 Å². The monoisotopic (exact) mass is 1630 g/mol. The first kappa shape index (κ1) is 101. The Bertz CT molecular complexity index is 4350. The van der Waals surface area contributed by atoms with Gasteiger partial charge in [0.15, 0.2) is 0 Å². The molecule has 1 fully saturated rings. The Hall–Kier alpha value is -7.49. The minimum atomic E-state index is -0.130. The van der Waals surface area contributed by atoms with Crippen molar-refractivity contribution >= 4 is 11.8 Å². The molecular formula is C109H162O8S. The first-order valence-electron chi connectivity index (χ1n) is 43.8. The maximum Gasteiger partial charge on any atom is 0.123 e. The van der Waals surface area contributed by atoms with E-state index >= 15 is 0 Å². The third kappa shape index (κ3) is 26.3. The van der Waals surface area contributed by atoms with Gasteiger partial charge in [-0.25, -0.2) is 0 Å². The van der Waals surface area contributed by atoms with Crippen LogP contribution in [0.1, 0.15) is 402 Å². The maximum absolute atomic E-state index is 10.9. The van der Waals surface area contributed by atoms with Gasteiger partial charge in [-0.15, -0.1) is 0 Å². The van der Waals surface area contributed by atoms with E-state index in [0.717, 1.165) is 118 Å². The molecular weight excluding hydrogens is 1470 g/mol. The van der Waals surface area contributed by atoms with Crippen LogP contribution in [-0.2, 0) is 67.0 Å². The molecule has 1 saturated carbocycles. The molecule has 0 heterocycles. The molecule has 0 aromatic heterocycles. The summed E-state index contributed by atoms with van der Waals surface area (Å²) in [6.45, 7) is 85.5. The Kier molecular flexibility index (Phi) is 32.4. The van der Waals surface area contributed by atoms with Crippen molar-refractivity contribution in [2.45, 2.75) is 398 Å². The normalized spacial score (nSPS) is 14.7. The third-order valence-electron chi connectivity index (χ3n) is 23.9. The zero-order valence-corrected chi connectivity index (χ0v) is 82.3. The van der Waals surface area contributed by atoms with E-state index in [2.05, 4.69) is 310 Å². The zero-order valence-electron chi connectivity index (χ0n) is 81.5. The minimum absolute atomic E-state index is 0.0186. The van der Waals surface area contributed by atoms with Crippen molar-refractivity contribution in [3.05, 3.63) is 219 Å². The number of phenols is 8. The average molecular weight is 1630 g/mol. The fourth-order valence-corrected chi connectivity index (χ4v) is 17.3. The fraction of sp³-hybridized carbons (Fsp3) is 0.560. The summed E-state index contributed by atoms with van der Waals surface area (Å²) in [5.74, 6) is 5.34. The van der Waals surface area contributed by atoms with E-state index < -0.39 is 0 Å². The van der Waals surface area contributed by atoms with Crippen LogP contribution < -0.4 is 0 Å². The summed E-state index contributed by atoms with van der Waals surface area (Å²) in [5, 5.41) is 83.7. The molecule has 1 aliphatic carbocycles. The van der Waals surface area contributed by atoms with Crippen molar-refractivity contribution in [1.82, 2.24) is 0 Å². The van der Waals surface area contributed by atoms with Gasteiger partial charge in [-0.05, 0) is 312 Å². The molecule has 0 saturated heterocycles. The molecule has 1 aliphatic rings. The fourth-order valence-electron chi connectivity index (χ4n) is 16.3. The summed E-state index contributed by atoms with van der Waals surface area (Å²) in [4.78, 5) is 2.27. The van der Waals surface area contributed by atoms with Crippen LogP contribution in [0.4, 0.5) is 0 Å². The lowest BCUT2D eigenvalue weighted by Crippen LogP contribution is -2.19. The Morgan fingerprint density at radius 1 is 0.297 bits per heavy atom. The van der Waals surface area contributed by atoms with Gasteiger partial charge in [-0.1, -0.05) is 302 Å². The maximum atomic E-state index is 10.9. The summed E-state index contributed by atoms with van der Waals surface area (Å²) in [6.07, 6.45) is 8.45. The summed E-state index contributed by atoms with van der Waals surface area (Å²) < 4.78 is 0. The van der Waals surface area contributed by atoms with Gasteiger partial charge < -0.3 is 40.9 Å². The van der Waals surface area contributed by atoms with Gasteiger partial charge in [0.25, 0.3) is 0 Å². The Balaban J connectivity index is 0.000000265. The van der Waals surface area contributed by atoms with Gasteiger partial charge in [-0.3, -0.25) is 0 Å². The second-order valence-corrected chi connectivity index (χ2v) is 46.4. The van der Waals surface area contributed by atoms with E-state index in [1.54, 1.807) is 11.8 Å². The molecule has 9 heteroatoms. The van der Waals surface area contributed by atoms with Crippen LogP contribution in [0.3, 0.4) is 0 Å². The Morgan fingerprint density at radius 3 is 0.797 bits per heavy atom. The van der Waals surface area contributed by atoms with Crippen molar-refractivity contribution in [1.29, 1.82) is 0 Å². The molecule has 652 valence electrons. The van der Waals surface area contributed by atoms with Crippen molar-refractivity contribution < 1.29 is 40.9 Å². The predicted molar refractivity (Wildman–Crippen MR) is 508 cm³/mol. The zero-order chi connectivity index (χ0) is 90.8. The standard InChI is InChI=1S/C26H38O2.C23H32O2.C22H30O2S.C22H36O.C16H26O/c1-15(2)24(18-13-20(25(5,6)7)22(27)11-16(18)3)19-14-21(26(8,9)10)23(28)12-17(19)4;1-14-9-20(24)18(22(3,4)5)12-16(14)11-17-13-19(23(6,7)8)21(25)10-15(17)2;1-13-9-17(23)15(21(3,4)5)11-19(13)25-20-12-16(22(6,7)8)18(24)10-14(20)2;1-8-15-9-11-16(12-10-15)17-13-18(21(2,3)4)20(23)19(14-17)22(5,6)7;1-8-11-9-12(15(2,3)4)14(17)13(10-11)16(5,6)7/h11-15,24,27-28H,1-10H3;9-10,12-13,24-25H,11H2,1-8H3;9-12,23-24H,1-8H3;13-16,23H,8-12H2,1-7H3;9-10,17H,8H2,1-7H3. The van der Waals surface area contributed by atoms with Gasteiger partial charge in [0.1, 0.15) is 46.0 Å². The number of phenolic OH excluding ortho intramolecular Hbond substituents is 8. The molecule has 0 spiro atoms. The number of hydrogen-bond acceptors (Lipinski definition) is 9. The summed E-state index contributed by atoms with van der Waals surface area (Å²) in [5.41, 5.74) is 23.6. The molecule has 9 rings (SSSR count). The van der Waals surface area contributed by atoms with Gasteiger partial charge in [0.05, 0.1) is 0 Å². The molecule has 8 nitrogen and oxygen atoms in total. The highest BCUT2D eigenvalue weighted by molar-refractivity contribution is 7.99. The molecule has 8 aromatic carbocycles. The summed E-state index contributed by atoms with van der Waals surface area (Å²) in [6, 6.07) is 33.0. The van der Waals surface area contributed by atoms with Crippen LogP contribution in [-0.4, -0.2) is 40.9 Å². The second-order valence-electron chi connectivity index (χ2n) is 45.3. The second kappa shape index (κ2) is 37.9. The van der Waals surface area contributed by atoms with Crippen LogP contribution in [0, 0.1) is 53.4 Å². The van der Waals surface area contributed by atoms with Gasteiger partial charge in [-0.2, -0.15) is 0 Å². The lowest BCUT2D eigenvalue weighted by atomic mass is 9.73. The predicted octanol–water partition coefficient (Wildman–Crippen LogP) is 30.7. The number of rotatable bonds is 10. The van der Waals surface area contributed by atoms with Crippen molar-refractivity contribution in [2.75, 3.05) is 0 Å². The van der Waals surface area contributed by atoms with E-state index in [9.17, 15) is 40.9 Å². The number of aromatic hydroxyl groups is 8. The number of benzene rings is 8. The summed E-state index contributed by atoms with van der Waals surface area (Å²) >= 11 is 1.70. The van der Waals surface area contributed by atoms with E-state index in [0.29, 0.717) is 57.8 Å². The van der Waals surface area contributed by atoms with Crippen LogP contribution in [0.2, 0.25) is 0 Å². The SMILES string of the molecule is CCC1CCC(c2cc(C(C)(C)C)c(O)c(C(C)(C)C)c2)CC1.CCc1cc(C(C)(C)C)c(O)c(C(C)(C)C)c1.Cc1cc(O)c(C(C)(C)C)cc1C(c1cc(C(C)(C)C)c(O)cc1C)C(C)C.Cc1cc(O)c(C(C)(C)C)cc1Cc1cc(C(C)(C)C)c(O)cc1C.Cc1cc(O)c(C(C)(C)C)cc1Sc1cc(C(C)(C)C)c(O)cc1C. The van der Waals surface area contributed by atoms with E-state index in [1.807, 2.05) is 64.1 Å². The lowest BCUT2D eigenvalue weighted by Gasteiger charge is -2.32. The highest BCUT2D eigenvalue weighted by Gasteiger charge is 2.34. The van der Waals surface area contributed by atoms with Gasteiger partial charge in [0, 0.05) is 26.8 Å². The molecule has 0 atom stereocenters. The van der Waals surface area contributed by atoms with E-state index in [1.165, 1.54) is 65.5 Å². The Labute approximate surface area is 723 Å². The van der Waals surface area contributed by atoms with E-state index in [-0.39, 0.29) is 60.1 Å². The lowest BCUT2D eigenvalue weighted by molar-refractivity contribution is 0.318. The van der Waals surface area contributed by atoms with Crippen molar-refractivity contribution in [2.24, 2.45) is 11.8 Å². The number of hydrogen-bond donors (Lipinski definition) is 8. The minimum Gasteiger partial charge on any atom is -0.508 e. The van der Waals surface area contributed by atoms with Gasteiger partial charge >= 0.3 is 0 Å². The first-order valence-corrected chi connectivity index (χ1v) is 44.6. The van der Waals surface area contributed by atoms with E-state index in [4.69, 9.17) is 0 Å². The quantitative estimate of drug-likeness (QED) is 0.0666. The smallest absolute Gasteiger partial charge is 0.123 e. The molecule has 0 radical (unpaired) electrons. The molecule has 8 N–H and O–H groups in total. The molecule has 0 bridgehead atoms. The molecule has 0 unspecified atom stereocenters. The molecule has 118 heavy (non-hydrogen) atoms. The number of aryl methyl sites for hydroxylation is 7.